The summed E-state index contributed by atoms with van der Waals surface area (Å²) >= 11 is 0. The molecule has 0 bridgehead atoms. The number of aromatic nitrogens is 2. The van der Waals surface area contributed by atoms with Gasteiger partial charge in [-0.2, -0.15) is 0 Å². The van der Waals surface area contributed by atoms with Gasteiger partial charge in [-0.3, -0.25) is 9.36 Å². The minimum Gasteiger partial charge on any atom is -0.330 e. The van der Waals surface area contributed by atoms with Gasteiger partial charge in [0, 0.05) is 57.5 Å². The van der Waals surface area contributed by atoms with E-state index in [2.05, 4.69) is 21.8 Å². The van der Waals surface area contributed by atoms with Gasteiger partial charge in [-0.15, -0.1) is 0 Å². The van der Waals surface area contributed by atoms with E-state index in [-0.39, 0.29) is 5.91 Å². The van der Waals surface area contributed by atoms with Gasteiger partial charge in [0.15, 0.2) is 0 Å². The summed E-state index contributed by atoms with van der Waals surface area (Å²) < 4.78 is 1.64. The van der Waals surface area contributed by atoms with Gasteiger partial charge >= 0.3 is 0 Å². The second-order valence-electron chi connectivity index (χ2n) is 5.08. The largest absolute Gasteiger partial charge is 0.330 e. The summed E-state index contributed by atoms with van der Waals surface area (Å²) in [4.78, 5) is 20.8. The number of carbonyl (C=O) groups is 1. The first kappa shape index (κ1) is 14.2. The second-order valence-corrected chi connectivity index (χ2v) is 5.08. The molecule has 1 aromatic heterocycles. The Balaban J connectivity index is 1.82. The van der Waals surface area contributed by atoms with Gasteiger partial charge in [0.1, 0.15) is 6.33 Å². The maximum atomic E-state index is 12.2. The third kappa shape index (κ3) is 3.86. The molecular weight excluding hydrogens is 242 g/mol. The van der Waals surface area contributed by atoms with Crippen molar-refractivity contribution in [2.24, 2.45) is 5.73 Å². The zero-order valence-corrected chi connectivity index (χ0v) is 11.6. The first-order valence-corrected chi connectivity index (χ1v) is 6.86. The Bertz CT molecular complexity index is 409. The van der Waals surface area contributed by atoms with Crippen LogP contribution in [0.1, 0.15) is 16.9 Å². The second kappa shape index (κ2) is 6.79. The number of rotatable bonds is 5. The van der Waals surface area contributed by atoms with Crippen molar-refractivity contribution in [3.8, 4) is 0 Å². The van der Waals surface area contributed by atoms with Crippen molar-refractivity contribution in [3.63, 3.8) is 0 Å². The van der Waals surface area contributed by atoms with E-state index in [1.54, 1.807) is 17.1 Å². The van der Waals surface area contributed by atoms with Gasteiger partial charge in [-0.1, -0.05) is 0 Å². The van der Waals surface area contributed by atoms with E-state index in [9.17, 15) is 4.79 Å². The number of nitrogens with two attached hydrogens (primary N) is 1. The minimum atomic E-state index is 0.111. The first-order chi connectivity index (χ1) is 9.20. The lowest BCUT2D eigenvalue weighted by atomic mass is 10.2. The standard InChI is InChI=1S/C13H23N5O/c1-16-6-8-17(9-7-16)5-3-13(19)18-11-15-10-12(18)2-4-14/h10-11H,2-9,14H2,1H3. The molecule has 2 rings (SSSR count). The Labute approximate surface area is 114 Å². The number of imidazole rings is 1. The number of piperazine rings is 1. The Morgan fingerprint density at radius 1 is 1.37 bits per heavy atom. The molecule has 0 saturated carbocycles. The zero-order valence-electron chi connectivity index (χ0n) is 11.6. The zero-order chi connectivity index (χ0) is 13.7. The van der Waals surface area contributed by atoms with Crippen LogP contribution in [0.25, 0.3) is 0 Å². The molecule has 1 saturated heterocycles. The van der Waals surface area contributed by atoms with Crippen LogP contribution in [0.5, 0.6) is 0 Å². The molecule has 0 aromatic carbocycles. The highest BCUT2D eigenvalue weighted by Crippen LogP contribution is 2.04. The van der Waals surface area contributed by atoms with Crippen LogP contribution in [-0.2, 0) is 6.42 Å². The van der Waals surface area contributed by atoms with Crippen molar-refractivity contribution in [1.82, 2.24) is 19.4 Å². The smallest absolute Gasteiger partial charge is 0.233 e. The summed E-state index contributed by atoms with van der Waals surface area (Å²) in [7, 11) is 2.13. The fourth-order valence-electron chi connectivity index (χ4n) is 2.33. The molecule has 1 aliphatic heterocycles. The molecule has 6 nitrogen and oxygen atoms in total. The van der Waals surface area contributed by atoms with E-state index >= 15 is 0 Å². The monoisotopic (exact) mass is 265 g/mol. The Hall–Kier alpha value is -1.24. The quantitative estimate of drug-likeness (QED) is 0.789. The highest BCUT2D eigenvalue weighted by molar-refractivity contribution is 5.79. The van der Waals surface area contributed by atoms with Crippen LogP contribution in [0.3, 0.4) is 0 Å². The van der Waals surface area contributed by atoms with E-state index in [4.69, 9.17) is 5.73 Å². The Morgan fingerprint density at radius 2 is 2.11 bits per heavy atom. The van der Waals surface area contributed by atoms with Crippen LogP contribution in [-0.4, -0.2) is 71.6 Å². The highest BCUT2D eigenvalue weighted by Gasteiger charge is 2.16. The maximum Gasteiger partial charge on any atom is 0.233 e. The third-order valence-corrected chi connectivity index (χ3v) is 3.62. The summed E-state index contributed by atoms with van der Waals surface area (Å²) in [6, 6.07) is 0. The molecule has 0 aliphatic carbocycles. The predicted octanol–water partition coefficient (Wildman–Crippen LogP) is -0.338. The molecule has 0 unspecified atom stereocenters. The summed E-state index contributed by atoms with van der Waals surface area (Å²) in [6.45, 7) is 5.62. The van der Waals surface area contributed by atoms with Crippen molar-refractivity contribution in [3.05, 3.63) is 18.2 Å². The predicted molar refractivity (Wildman–Crippen MR) is 74.2 cm³/mol. The Kier molecular flexibility index (Phi) is 5.07. The SMILES string of the molecule is CN1CCN(CCC(=O)n2cncc2CCN)CC1. The van der Waals surface area contributed by atoms with Crippen LogP contribution < -0.4 is 5.73 Å². The molecule has 1 aliphatic rings. The third-order valence-electron chi connectivity index (χ3n) is 3.62. The van der Waals surface area contributed by atoms with E-state index in [1.807, 2.05) is 0 Å². The summed E-state index contributed by atoms with van der Waals surface area (Å²) in [6.07, 6.45) is 4.55. The molecule has 1 fully saturated rings. The van der Waals surface area contributed by atoms with Gasteiger partial charge in [0.2, 0.25) is 5.91 Å². The van der Waals surface area contributed by atoms with Crippen LogP contribution in [0.2, 0.25) is 0 Å². The number of hydrogen-bond donors (Lipinski definition) is 1. The van der Waals surface area contributed by atoms with Crippen molar-refractivity contribution >= 4 is 5.91 Å². The molecule has 0 amide bonds. The average Bonchev–Trinajstić information content (AvgIpc) is 2.86. The number of nitrogens with zero attached hydrogens (tertiary/aromatic N) is 4. The lowest BCUT2D eigenvalue weighted by Gasteiger charge is -2.32. The molecule has 0 radical (unpaired) electrons. The molecule has 106 valence electrons. The van der Waals surface area contributed by atoms with Gasteiger partial charge in [0.25, 0.3) is 0 Å². The van der Waals surface area contributed by atoms with Crippen LogP contribution in [0, 0.1) is 0 Å². The normalized spacial score (nSPS) is 17.8. The highest BCUT2D eigenvalue weighted by atomic mass is 16.2. The number of likely N-dealkylation sites (N-methyl/N-ethyl adjacent to an activating group) is 1. The molecule has 0 atom stereocenters. The molecular formula is C13H23N5O. The van der Waals surface area contributed by atoms with Crippen LogP contribution >= 0.6 is 0 Å². The fraction of sp³-hybridized carbons (Fsp3) is 0.692. The van der Waals surface area contributed by atoms with Crippen molar-refractivity contribution in [1.29, 1.82) is 0 Å². The first-order valence-electron chi connectivity index (χ1n) is 6.86. The average molecular weight is 265 g/mol. The van der Waals surface area contributed by atoms with Gasteiger partial charge < -0.3 is 15.5 Å². The van der Waals surface area contributed by atoms with Crippen molar-refractivity contribution < 1.29 is 4.79 Å². The van der Waals surface area contributed by atoms with Crippen molar-refractivity contribution in [2.75, 3.05) is 46.3 Å². The maximum absolute atomic E-state index is 12.2. The van der Waals surface area contributed by atoms with Gasteiger partial charge in [-0.05, 0) is 13.6 Å². The summed E-state index contributed by atoms with van der Waals surface area (Å²) in [5, 5.41) is 0. The minimum absolute atomic E-state index is 0.111. The van der Waals surface area contributed by atoms with Gasteiger partial charge in [0.05, 0.1) is 0 Å². The number of carbonyl (C=O) groups excluding carboxylic acids is 1. The van der Waals surface area contributed by atoms with E-state index in [0.717, 1.165) is 38.4 Å². The molecule has 2 heterocycles. The molecule has 19 heavy (non-hydrogen) atoms. The summed E-state index contributed by atoms with van der Waals surface area (Å²) in [5.74, 6) is 0.111. The summed E-state index contributed by atoms with van der Waals surface area (Å²) in [5.41, 5.74) is 6.44. The van der Waals surface area contributed by atoms with Crippen LogP contribution in [0.4, 0.5) is 0 Å². The number of hydrogen-bond acceptors (Lipinski definition) is 5. The van der Waals surface area contributed by atoms with E-state index < -0.39 is 0 Å². The van der Waals surface area contributed by atoms with E-state index in [1.165, 1.54) is 0 Å². The van der Waals surface area contributed by atoms with Crippen molar-refractivity contribution in [2.45, 2.75) is 12.8 Å². The molecule has 6 heteroatoms. The molecule has 0 spiro atoms. The topological polar surface area (TPSA) is 67.4 Å². The Morgan fingerprint density at radius 3 is 2.79 bits per heavy atom. The molecule has 2 N–H and O–H groups in total. The van der Waals surface area contributed by atoms with Crippen LogP contribution in [0.15, 0.2) is 12.5 Å². The lowest BCUT2D eigenvalue weighted by Crippen LogP contribution is -2.45. The fourth-order valence-corrected chi connectivity index (χ4v) is 2.33. The van der Waals surface area contributed by atoms with Gasteiger partial charge in [-0.25, -0.2) is 4.98 Å². The lowest BCUT2D eigenvalue weighted by molar-refractivity contribution is 0.0860. The van der Waals surface area contributed by atoms with E-state index in [0.29, 0.717) is 19.4 Å². The molecule has 1 aromatic rings.